The number of carboxylic acid groups (broad SMARTS) is 1. The van der Waals surface area contributed by atoms with Crippen LogP contribution in [0, 0.1) is 5.92 Å². The van der Waals surface area contributed by atoms with Crippen molar-refractivity contribution in [2.45, 2.75) is 18.6 Å². The molecule has 4 N–H and O–H groups in total. The van der Waals surface area contributed by atoms with Crippen LogP contribution in [-0.2, 0) is 11.0 Å². The Kier molecular flexibility index (Phi) is 3.51. The number of benzene rings is 1. The monoisotopic (exact) mass is 291 g/mol. The van der Waals surface area contributed by atoms with Gasteiger partial charge in [0.15, 0.2) is 11.5 Å². The second-order valence-electron chi connectivity index (χ2n) is 4.62. The minimum atomic E-state index is -4.70. The van der Waals surface area contributed by atoms with E-state index in [2.05, 4.69) is 5.32 Å². The van der Waals surface area contributed by atoms with Gasteiger partial charge in [0, 0.05) is 18.2 Å². The highest BCUT2D eigenvalue weighted by molar-refractivity contribution is 5.71. The summed E-state index contributed by atoms with van der Waals surface area (Å²) in [5.74, 6) is -3.49. The van der Waals surface area contributed by atoms with E-state index in [1.165, 1.54) is 0 Å². The van der Waals surface area contributed by atoms with Gasteiger partial charge in [-0.2, -0.15) is 13.2 Å². The number of alkyl halides is 3. The lowest BCUT2D eigenvalue weighted by molar-refractivity contribution is -0.141. The first kappa shape index (κ1) is 14.4. The number of hydrogen-bond donors (Lipinski definition) is 4. The van der Waals surface area contributed by atoms with E-state index in [4.69, 9.17) is 5.11 Å². The van der Waals surface area contributed by atoms with E-state index in [0.29, 0.717) is 6.07 Å². The summed E-state index contributed by atoms with van der Waals surface area (Å²) in [6.07, 6.45) is -4.79. The van der Waals surface area contributed by atoms with Gasteiger partial charge in [0.25, 0.3) is 0 Å². The molecule has 1 aromatic rings. The lowest BCUT2D eigenvalue weighted by Crippen LogP contribution is -2.19. The summed E-state index contributed by atoms with van der Waals surface area (Å²) in [5.41, 5.74) is -1.60. The molecule has 2 atom stereocenters. The molecule has 0 saturated carbocycles. The molecule has 20 heavy (non-hydrogen) atoms. The molecule has 2 unspecified atom stereocenters. The molecule has 2 rings (SSSR count). The lowest BCUT2D eigenvalue weighted by atomic mass is 9.94. The average molecular weight is 291 g/mol. The Balaban J connectivity index is 2.45. The zero-order valence-electron chi connectivity index (χ0n) is 10.1. The number of aromatic hydroxyl groups is 2. The van der Waals surface area contributed by atoms with E-state index in [1.54, 1.807) is 0 Å². The normalized spacial score (nSPS) is 22.9. The Morgan fingerprint density at radius 2 is 1.95 bits per heavy atom. The second-order valence-corrected chi connectivity index (χ2v) is 4.62. The summed E-state index contributed by atoms with van der Waals surface area (Å²) >= 11 is 0. The summed E-state index contributed by atoms with van der Waals surface area (Å²) in [5, 5.41) is 30.5. The van der Waals surface area contributed by atoms with Crippen molar-refractivity contribution in [2.24, 2.45) is 5.92 Å². The fraction of sp³-hybridized carbons (Fsp3) is 0.417. The lowest BCUT2D eigenvalue weighted by Gasteiger charge is -2.19. The molecule has 5 nitrogen and oxygen atoms in total. The van der Waals surface area contributed by atoms with Crippen molar-refractivity contribution in [2.75, 3.05) is 6.54 Å². The molecule has 0 amide bonds. The van der Waals surface area contributed by atoms with Gasteiger partial charge in [-0.15, -0.1) is 0 Å². The Bertz CT molecular complexity index is 544. The third kappa shape index (κ3) is 2.51. The molecular formula is C12H12F3NO4. The fourth-order valence-electron chi connectivity index (χ4n) is 2.34. The third-order valence-electron chi connectivity index (χ3n) is 3.33. The van der Waals surface area contributed by atoms with Gasteiger partial charge in [0.1, 0.15) is 0 Å². The number of hydrogen-bond acceptors (Lipinski definition) is 4. The van der Waals surface area contributed by atoms with Crippen LogP contribution in [0.3, 0.4) is 0 Å². The summed E-state index contributed by atoms with van der Waals surface area (Å²) < 4.78 is 38.8. The van der Waals surface area contributed by atoms with Crippen molar-refractivity contribution in [1.82, 2.24) is 5.32 Å². The molecule has 0 spiro atoms. The van der Waals surface area contributed by atoms with Crippen LogP contribution in [0.2, 0.25) is 0 Å². The van der Waals surface area contributed by atoms with E-state index >= 15 is 0 Å². The Morgan fingerprint density at radius 1 is 1.30 bits per heavy atom. The fourth-order valence-corrected chi connectivity index (χ4v) is 2.34. The van der Waals surface area contributed by atoms with Crippen molar-refractivity contribution < 1.29 is 33.3 Å². The van der Waals surface area contributed by atoms with E-state index in [-0.39, 0.29) is 13.0 Å². The highest BCUT2D eigenvalue weighted by Gasteiger charge is 2.40. The van der Waals surface area contributed by atoms with Crippen LogP contribution >= 0.6 is 0 Å². The first-order valence-electron chi connectivity index (χ1n) is 5.80. The molecule has 1 saturated heterocycles. The zero-order valence-corrected chi connectivity index (χ0v) is 10.1. The minimum Gasteiger partial charge on any atom is -0.504 e. The number of phenolic OH excluding ortho intramolecular Hbond substituents is 2. The van der Waals surface area contributed by atoms with E-state index in [9.17, 15) is 28.2 Å². The molecular weight excluding hydrogens is 279 g/mol. The van der Waals surface area contributed by atoms with Crippen LogP contribution in [0.4, 0.5) is 13.2 Å². The predicted octanol–water partition coefficient (Wildman–Crippen LogP) is 1.85. The summed E-state index contributed by atoms with van der Waals surface area (Å²) in [4.78, 5) is 10.8. The third-order valence-corrected chi connectivity index (χ3v) is 3.33. The van der Waals surface area contributed by atoms with Gasteiger partial charge in [-0.1, -0.05) is 0 Å². The van der Waals surface area contributed by atoms with Crippen molar-refractivity contribution in [3.05, 3.63) is 23.3 Å². The molecule has 0 bridgehead atoms. The number of aliphatic carboxylic acids is 1. The minimum absolute atomic E-state index is 0.00634. The van der Waals surface area contributed by atoms with Crippen LogP contribution in [-0.4, -0.2) is 27.8 Å². The first-order valence-corrected chi connectivity index (χ1v) is 5.80. The average Bonchev–Trinajstić information content (AvgIpc) is 2.80. The van der Waals surface area contributed by atoms with E-state index in [0.717, 1.165) is 6.07 Å². The van der Waals surface area contributed by atoms with Gasteiger partial charge in [-0.05, 0) is 18.6 Å². The molecule has 1 heterocycles. The maximum absolute atomic E-state index is 12.9. The van der Waals surface area contributed by atoms with E-state index < -0.39 is 46.7 Å². The topological polar surface area (TPSA) is 89.8 Å². The maximum Gasteiger partial charge on any atom is 0.416 e. The molecule has 8 heteroatoms. The molecule has 0 aromatic heterocycles. The molecule has 1 fully saturated rings. The largest absolute Gasteiger partial charge is 0.504 e. The van der Waals surface area contributed by atoms with Crippen LogP contribution in [0.1, 0.15) is 23.6 Å². The maximum atomic E-state index is 12.9. The number of carboxylic acids is 1. The quantitative estimate of drug-likeness (QED) is 0.624. The van der Waals surface area contributed by atoms with Crippen molar-refractivity contribution in [3.63, 3.8) is 0 Å². The van der Waals surface area contributed by atoms with Crippen LogP contribution in [0.5, 0.6) is 11.5 Å². The summed E-state index contributed by atoms with van der Waals surface area (Å²) in [7, 11) is 0. The van der Waals surface area contributed by atoms with Crippen LogP contribution in [0.15, 0.2) is 12.1 Å². The highest BCUT2D eigenvalue weighted by Crippen LogP contribution is 2.45. The molecule has 1 aromatic carbocycles. The predicted molar refractivity (Wildman–Crippen MR) is 61.3 cm³/mol. The Morgan fingerprint density at radius 3 is 2.45 bits per heavy atom. The van der Waals surface area contributed by atoms with Gasteiger partial charge in [0.2, 0.25) is 0 Å². The molecule has 1 aliphatic rings. The number of halogens is 3. The van der Waals surface area contributed by atoms with Gasteiger partial charge < -0.3 is 20.6 Å². The van der Waals surface area contributed by atoms with Gasteiger partial charge in [-0.25, -0.2) is 0 Å². The number of nitrogens with one attached hydrogen (secondary N) is 1. The summed E-state index contributed by atoms with van der Waals surface area (Å²) in [6.45, 7) is 0.00634. The van der Waals surface area contributed by atoms with Crippen molar-refractivity contribution in [1.29, 1.82) is 0 Å². The zero-order chi connectivity index (χ0) is 15.1. The van der Waals surface area contributed by atoms with Gasteiger partial charge >= 0.3 is 12.1 Å². The van der Waals surface area contributed by atoms with Gasteiger partial charge in [0.05, 0.1) is 11.5 Å². The van der Waals surface area contributed by atoms with Crippen molar-refractivity contribution >= 4 is 5.97 Å². The number of carbonyl (C=O) groups is 1. The smallest absolute Gasteiger partial charge is 0.416 e. The van der Waals surface area contributed by atoms with Crippen molar-refractivity contribution in [3.8, 4) is 11.5 Å². The number of phenols is 2. The highest BCUT2D eigenvalue weighted by atomic mass is 19.4. The molecule has 110 valence electrons. The summed E-state index contributed by atoms with van der Waals surface area (Å²) in [6, 6.07) is 0.450. The Labute approximate surface area is 111 Å². The first-order chi connectivity index (χ1) is 9.21. The molecule has 0 radical (unpaired) electrons. The SMILES string of the molecule is O=C(O)C1CNC(c2c(C(F)(F)F)ccc(O)c2O)C1. The standard InChI is InChI=1S/C12H12F3NO4/c13-12(14,15)6-1-2-8(17)10(18)9(6)7-3-5(4-16-7)11(19)20/h1-2,5,7,16-18H,3-4H2,(H,19,20). The van der Waals surface area contributed by atoms with Gasteiger partial charge in [-0.3, -0.25) is 4.79 Å². The van der Waals surface area contributed by atoms with E-state index in [1.807, 2.05) is 0 Å². The Hall–Kier alpha value is -1.96. The van der Waals surface area contributed by atoms with Crippen LogP contribution < -0.4 is 5.32 Å². The molecule has 0 aliphatic carbocycles. The molecule has 1 aliphatic heterocycles. The second kappa shape index (κ2) is 4.86. The number of rotatable bonds is 2. The van der Waals surface area contributed by atoms with Crippen LogP contribution in [0.25, 0.3) is 0 Å².